The summed E-state index contributed by atoms with van der Waals surface area (Å²) in [5, 5.41) is 5.83. The summed E-state index contributed by atoms with van der Waals surface area (Å²) in [6.07, 6.45) is 3.16. The van der Waals surface area contributed by atoms with Gasteiger partial charge in [0.05, 0.1) is 28.6 Å². The highest BCUT2D eigenvalue weighted by atomic mass is 79.9. The Labute approximate surface area is 109 Å². The quantitative estimate of drug-likeness (QED) is 0.794. The average Bonchev–Trinajstić information content (AvgIpc) is 2.14. The Morgan fingerprint density at radius 2 is 2.12 bits per heavy atom. The molecule has 1 aromatic heterocycles. The van der Waals surface area contributed by atoms with E-state index in [9.17, 15) is 4.79 Å². The van der Waals surface area contributed by atoms with Crippen molar-refractivity contribution < 1.29 is 4.79 Å². The number of halogens is 1. The molecule has 17 heavy (non-hydrogen) atoms. The summed E-state index contributed by atoms with van der Waals surface area (Å²) in [7, 11) is 0. The standard InChI is InChI=1S/C11H17BrN4O/c1-11(2,3)16-9(17)6-15-10-7(12)4-14-5-8(10)13/h4-5H,6,13H2,1-3H3,(H,14,15)(H,16,17). The van der Waals surface area contributed by atoms with Crippen LogP contribution in [-0.4, -0.2) is 23.0 Å². The number of nitrogens with zero attached hydrogens (tertiary/aromatic N) is 1. The van der Waals surface area contributed by atoms with Gasteiger partial charge in [-0.3, -0.25) is 9.78 Å². The van der Waals surface area contributed by atoms with Crippen molar-refractivity contribution in [2.45, 2.75) is 26.3 Å². The van der Waals surface area contributed by atoms with E-state index >= 15 is 0 Å². The van der Waals surface area contributed by atoms with Gasteiger partial charge in [0, 0.05) is 11.7 Å². The van der Waals surface area contributed by atoms with Crippen LogP contribution in [0.4, 0.5) is 11.4 Å². The van der Waals surface area contributed by atoms with E-state index in [1.807, 2.05) is 20.8 Å². The van der Waals surface area contributed by atoms with Gasteiger partial charge in [-0.2, -0.15) is 0 Å². The molecule has 0 atom stereocenters. The molecule has 1 heterocycles. The molecular formula is C11H17BrN4O. The Bertz CT molecular complexity index is 394. The van der Waals surface area contributed by atoms with Gasteiger partial charge in [0.15, 0.2) is 0 Å². The molecule has 4 N–H and O–H groups in total. The topological polar surface area (TPSA) is 80.0 Å². The Morgan fingerprint density at radius 1 is 1.47 bits per heavy atom. The van der Waals surface area contributed by atoms with Crippen molar-refractivity contribution in [3.63, 3.8) is 0 Å². The first-order valence-corrected chi connectivity index (χ1v) is 6.03. The van der Waals surface area contributed by atoms with E-state index in [1.165, 1.54) is 6.20 Å². The molecule has 1 aromatic rings. The number of nitrogens with one attached hydrogen (secondary N) is 2. The fourth-order valence-electron chi connectivity index (χ4n) is 1.27. The molecule has 1 amide bonds. The first kappa shape index (κ1) is 13.8. The molecule has 5 nitrogen and oxygen atoms in total. The van der Waals surface area contributed by atoms with E-state index in [0.717, 1.165) is 4.47 Å². The van der Waals surface area contributed by atoms with E-state index in [1.54, 1.807) is 6.20 Å². The summed E-state index contributed by atoms with van der Waals surface area (Å²) in [5.74, 6) is -0.0828. The number of hydrogen-bond acceptors (Lipinski definition) is 4. The highest BCUT2D eigenvalue weighted by Crippen LogP contribution is 2.26. The maximum Gasteiger partial charge on any atom is 0.239 e. The maximum atomic E-state index is 11.6. The molecule has 0 saturated heterocycles. The predicted octanol–water partition coefficient (Wildman–Crippen LogP) is 1.75. The highest BCUT2D eigenvalue weighted by molar-refractivity contribution is 9.10. The third-order valence-electron chi connectivity index (χ3n) is 1.87. The molecule has 6 heteroatoms. The summed E-state index contributed by atoms with van der Waals surface area (Å²) >= 11 is 3.32. The molecule has 0 aromatic carbocycles. The first-order chi connectivity index (χ1) is 7.79. The third-order valence-corrected chi connectivity index (χ3v) is 2.47. The number of carbonyl (C=O) groups excluding carboxylic acids is 1. The summed E-state index contributed by atoms with van der Waals surface area (Å²) in [5.41, 5.74) is 6.70. The number of anilines is 2. The summed E-state index contributed by atoms with van der Waals surface area (Å²) in [6, 6.07) is 0. The lowest BCUT2D eigenvalue weighted by Gasteiger charge is -2.21. The Balaban J connectivity index is 2.59. The number of amides is 1. The molecule has 0 aliphatic carbocycles. The van der Waals surface area contributed by atoms with Gasteiger partial charge in [-0.15, -0.1) is 0 Å². The van der Waals surface area contributed by atoms with Gasteiger partial charge in [-0.25, -0.2) is 0 Å². The summed E-state index contributed by atoms with van der Waals surface area (Å²) in [6.45, 7) is 5.97. The van der Waals surface area contributed by atoms with E-state index in [0.29, 0.717) is 11.4 Å². The highest BCUT2D eigenvalue weighted by Gasteiger charge is 2.14. The van der Waals surface area contributed by atoms with Crippen LogP contribution in [0.2, 0.25) is 0 Å². The fourth-order valence-corrected chi connectivity index (χ4v) is 1.75. The van der Waals surface area contributed by atoms with E-state index < -0.39 is 0 Å². The van der Waals surface area contributed by atoms with Crippen LogP contribution in [0.1, 0.15) is 20.8 Å². The van der Waals surface area contributed by atoms with Crippen LogP contribution >= 0.6 is 15.9 Å². The van der Waals surface area contributed by atoms with Gasteiger partial charge in [0.2, 0.25) is 5.91 Å². The lowest BCUT2D eigenvalue weighted by Crippen LogP contribution is -2.43. The number of rotatable bonds is 3. The minimum absolute atomic E-state index is 0.0828. The second-order valence-corrected chi connectivity index (χ2v) is 5.59. The maximum absolute atomic E-state index is 11.6. The number of aromatic nitrogens is 1. The van der Waals surface area contributed by atoms with Gasteiger partial charge >= 0.3 is 0 Å². The van der Waals surface area contributed by atoms with E-state index in [-0.39, 0.29) is 18.0 Å². The number of hydrogen-bond donors (Lipinski definition) is 3. The van der Waals surface area contributed by atoms with Crippen molar-refractivity contribution in [3.05, 3.63) is 16.9 Å². The van der Waals surface area contributed by atoms with Gasteiger partial charge in [-0.1, -0.05) is 0 Å². The SMILES string of the molecule is CC(C)(C)NC(=O)CNc1c(N)cncc1Br. The van der Waals surface area contributed by atoms with E-state index in [2.05, 4.69) is 31.5 Å². The molecule has 0 spiro atoms. The van der Waals surface area contributed by atoms with Crippen LogP contribution in [0.15, 0.2) is 16.9 Å². The Hall–Kier alpha value is -1.30. The first-order valence-electron chi connectivity index (χ1n) is 5.23. The fraction of sp³-hybridized carbons (Fsp3) is 0.455. The zero-order chi connectivity index (χ0) is 13.1. The molecule has 0 aliphatic heterocycles. The Kier molecular flexibility index (Phi) is 4.34. The molecule has 0 aliphatic rings. The second-order valence-electron chi connectivity index (χ2n) is 4.74. The second kappa shape index (κ2) is 5.35. The molecule has 0 bridgehead atoms. The van der Waals surface area contributed by atoms with Crippen molar-refractivity contribution in [2.24, 2.45) is 0 Å². The van der Waals surface area contributed by atoms with Gasteiger partial charge in [0.1, 0.15) is 0 Å². The summed E-state index contributed by atoms with van der Waals surface area (Å²) < 4.78 is 0.737. The van der Waals surface area contributed by atoms with Gasteiger partial charge in [0.25, 0.3) is 0 Å². The largest absolute Gasteiger partial charge is 0.396 e. The molecular weight excluding hydrogens is 284 g/mol. The van der Waals surface area contributed by atoms with Crippen LogP contribution in [0.25, 0.3) is 0 Å². The van der Waals surface area contributed by atoms with Crippen molar-refractivity contribution in [1.82, 2.24) is 10.3 Å². The monoisotopic (exact) mass is 300 g/mol. The number of carbonyl (C=O) groups is 1. The molecule has 1 rings (SSSR count). The zero-order valence-corrected chi connectivity index (χ0v) is 11.8. The van der Waals surface area contributed by atoms with Crippen molar-refractivity contribution in [3.8, 4) is 0 Å². The average molecular weight is 301 g/mol. The lowest BCUT2D eigenvalue weighted by atomic mass is 10.1. The minimum atomic E-state index is -0.236. The zero-order valence-electron chi connectivity index (χ0n) is 10.2. The number of nitrogens with two attached hydrogens (primary N) is 1. The van der Waals surface area contributed by atoms with Crippen LogP contribution < -0.4 is 16.4 Å². The lowest BCUT2D eigenvalue weighted by molar-refractivity contribution is -0.120. The van der Waals surface area contributed by atoms with Crippen molar-refractivity contribution in [1.29, 1.82) is 0 Å². The predicted molar refractivity (Wildman–Crippen MR) is 72.7 cm³/mol. The molecule has 94 valence electrons. The molecule has 0 fully saturated rings. The number of pyridine rings is 1. The van der Waals surface area contributed by atoms with E-state index in [4.69, 9.17) is 5.73 Å². The van der Waals surface area contributed by atoms with Crippen LogP contribution in [-0.2, 0) is 4.79 Å². The number of nitrogen functional groups attached to an aromatic ring is 1. The van der Waals surface area contributed by atoms with Gasteiger partial charge in [-0.05, 0) is 36.7 Å². The Morgan fingerprint density at radius 3 is 2.65 bits per heavy atom. The third kappa shape index (κ3) is 4.60. The van der Waals surface area contributed by atoms with Crippen molar-refractivity contribution in [2.75, 3.05) is 17.6 Å². The normalized spacial score (nSPS) is 11.1. The van der Waals surface area contributed by atoms with Crippen LogP contribution in [0.3, 0.4) is 0 Å². The molecule has 0 radical (unpaired) electrons. The van der Waals surface area contributed by atoms with Crippen LogP contribution in [0.5, 0.6) is 0 Å². The summed E-state index contributed by atoms with van der Waals surface area (Å²) in [4.78, 5) is 15.5. The van der Waals surface area contributed by atoms with Crippen molar-refractivity contribution >= 4 is 33.2 Å². The molecule has 0 saturated carbocycles. The van der Waals surface area contributed by atoms with Gasteiger partial charge < -0.3 is 16.4 Å². The molecule has 0 unspecified atom stereocenters. The van der Waals surface area contributed by atoms with Crippen LogP contribution in [0, 0.1) is 0 Å². The smallest absolute Gasteiger partial charge is 0.239 e. The minimum Gasteiger partial charge on any atom is -0.396 e.